The molecule has 0 aliphatic carbocycles. The second-order valence-corrected chi connectivity index (χ2v) is 4.08. The van der Waals surface area contributed by atoms with Crippen LogP contribution in [0.5, 0.6) is 0 Å². The largest absolute Gasteiger partial charge is 0.479 e. The second-order valence-electron chi connectivity index (χ2n) is 4.08. The first kappa shape index (κ1) is 16.0. The zero-order chi connectivity index (χ0) is 15.1. The number of rotatable bonds is 7. The predicted molar refractivity (Wildman–Crippen MR) is 66.1 cm³/mol. The normalized spacial score (nSPS) is 11.9. The maximum atomic E-state index is 13.3. The molecule has 0 fully saturated rings. The molecule has 1 atom stereocenters. The van der Waals surface area contributed by atoms with Gasteiger partial charge < -0.3 is 15.2 Å². The van der Waals surface area contributed by atoms with Gasteiger partial charge in [-0.3, -0.25) is 4.79 Å². The van der Waals surface area contributed by atoms with Crippen LogP contribution in [0.3, 0.4) is 0 Å². The van der Waals surface area contributed by atoms with Crippen molar-refractivity contribution < 1.29 is 28.2 Å². The van der Waals surface area contributed by atoms with E-state index in [1.807, 2.05) is 0 Å². The number of hydrogen-bond acceptors (Lipinski definition) is 3. The third-order valence-corrected chi connectivity index (χ3v) is 2.70. The van der Waals surface area contributed by atoms with Crippen LogP contribution >= 0.6 is 0 Å². The minimum atomic E-state index is -1.19. The van der Waals surface area contributed by atoms with Crippen LogP contribution in [0.25, 0.3) is 0 Å². The molecule has 0 radical (unpaired) electrons. The molecule has 5 nitrogen and oxygen atoms in total. The van der Waals surface area contributed by atoms with Crippen molar-refractivity contribution in [3.05, 3.63) is 35.4 Å². The fourth-order valence-electron chi connectivity index (χ4n) is 1.56. The number of carbonyl (C=O) groups excluding carboxylic acids is 1. The number of nitrogens with one attached hydrogen (secondary N) is 1. The van der Waals surface area contributed by atoms with Crippen LogP contribution in [0.2, 0.25) is 0 Å². The summed E-state index contributed by atoms with van der Waals surface area (Å²) >= 11 is 0. The molecule has 0 aromatic heterocycles. The minimum Gasteiger partial charge on any atom is -0.479 e. The van der Waals surface area contributed by atoms with Gasteiger partial charge in [-0.15, -0.1) is 0 Å². The highest BCUT2D eigenvalue weighted by atomic mass is 19.2. The van der Waals surface area contributed by atoms with Crippen molar-refractivity contribution in [2.24, 2.45) is 0 Å². The SMILES string of the molecule is COC(CNC(=O)CCc1cccc(F)c1F)C(=O)O. The molecule has 1 rings (SSSR count). The van der Waals surface area contributed by atoms with Crippen molar-refractivity contribution in [3.8, 4) is 0 Å². The van der Waals surface area contributed by atoms with Gasteiger partial charge in [0.1, 0.15) is 0 Å². The Hall–Kier alpha value is -2.02. The summed E-state index contributed by atoms with van der Waals surface area (Å²) in [5.41, 5.74) is 0.0988. The smallest absolute Gasteiger partial charge is 0.334 e. The molecule has 0 aliphatic rings. The van der Waals surface area contributed by atoms with Gasteiger partial charge in [-0.25, -0.2) is 13.6 Å². The second kappa shape index (κ2) is 7.54. The predicted octanol–water partition coefficient (Wildman–Crippen LogP) is 1.11. The molecule has 1 aromatic carbocycles. The molecule has 0 aliphatic heterocycles. The van der Waals surface area contributed by atoms with E-state index in [4.69, 9.17) is 5.11 Å². The van der Waals surface area contributed by atoms with Crippen molar-refractivity contribution in [2.45, 2.75) is 18.9 Å². The average molecular weight is 287 g/mol. The molecular formula is C13H15F2NO4. The van der Waals surface area contributed by atoms with Crippen LogP contribution in [-0.2, 0) is 20.7 Å². The number of methoxy groups -OCH3 is 1. The summed E-state index contributed by atoms with van der Waals surface area (Å²) in [5, 5.41) is 11.1. The van der Waals surface area contributed by atoms with Gasteiger partial charge in [0.05, 0.1) is 6.54 Å². The van der Waals surface area contributed by atoms with Crippen LogP contribution < -0.4 is 5.32 Å². The van der Waals surface area contributed by atoms with Crippen molar-refractivity contribution in [1.82, 2.24) is 5.32 Å². The van der Waals surface area contributed by atoms with Gasteiger partial charge in [-0.1, -0.05) is 12.1 Å². The zero-order valence-corrected chi connectivity index (χ0v) is 10.9. The molecule has 1 amide bonds. The Labute approximate surface area is 114 Å². The van der Waals surface area contributed by atoms with Crippen molar-refractivity contribution in [2.75, 3.05) is 13.7 Å². The lowest BCUT2D eigenvalue weighted by Gasteiger charge is -2.11. The lowest BCUT2D eigenvalue weighted by atomic mass is 10.1. The Morgan fingerprint density at radius 1 is 1.40 bits per heavy atom. The van der Waals surface area contributed by atoms with Crippen LogP contribution in [-0.4, -0.2) is 36.7 Å². The first-order chi connectivity index (χ1) is 9.45. The molecule has 0 heterocycles. The number of hydrogen-bond donors (Lipinski definition) is 2. The highest BCUT2D eigenvalue weighted by Gasteiger charge is 2.17. The van der Waals surface area contributed by atoms with Gasteiger partial charge in [-0.2, -0.15) is 0 Å². The average Bonchev–Trinajstić information content (AvgIpc) is 2.40. The molecule has 1 aromatic rings. The molecule has 7 heteroatoms. The highest BCUT2D eigenvalue weighted by Crippen LogP contribution is 2.12. The number of carboxylic acids is 1. The van der Waals surface area contributed by atoms with Gasteiger partial charge in [0.25, 0.3) is 0 Å². The van der Waals surface area contributed by atoms with Gasteiger partial charge in [0, 0.05) is 13.5 Å². The Morgan fingerprint density at radius 3 is 2.70 bits per heavy atom. The quantitative estimate of drug-likeness (QED) is 0.788. The number of aryl methyl sites for hydroxylation is 1. The fraction of sp³-hybridized carbons (Fsp3) is 0.385. The molecule has 0 bridgehead atoms. The molecule has 0 spiro atoms. The molecule has 0 saturated heterocycles. The Kier molecular flexibility index (Phi) is 6.05. The van der Waals surface area contributed by atoms with Crippen molar-refractivity contribution >= 4 is 11.9 Å². The molecule has 2 N–H and O–H groups in total. The van der Waals surface area contributed by atoms with E-state index in [2.05, 4.69) is 10.1 Å². The summed E-state index contributed by atoms with van der Waals surface area (Å²) in [6, 6.07) is 3.74. The molecule has 20 heavy (non-hydrogen) atoms. The van der Waals surface area contributed by atoms with E-state index in [1.54, 1.807) is 0 Å². The number of amides is 1. The molecule has 0 saturated carbocycles. The van der Waals surface area contributed by atoms with Crippen molar-refractivity contribution in [1.29, 1.82) is 0 Å². The number of carboxylic acid groups (broad SMARTS) is 1. The van der Waals surface area contributed by atoms with E-state index in [1.165, 1.54) is 19.2 Å². The van der Waals surface area contributed by atoms with E-state index in [-0.39, 0.29) is 24.9 Å². The van der Waals surface area contributed by atoms with Gasteiger partial charge in [0.2, 0.25) is 5.91 Å². The minimum absolute atomic E-state index is 0.0279. The summed E-state index contributed by atoms with van der Waals surface area (Å²) in [4.78, 5) is 22.1. The van der Waals surface area contributed by atoms with E-state index in [9.17, 15) is 18.4 Å². The van der Waals surface area contributed by atoms with E-state index >= 15 is 0 Å². The first-order valence-corrected chi connectivity index (χ1v) is 5.91. The first-order valence-electron chi connectivity index (χ1n) is 5.91. The van der Waals surface area contributed by atoms with Crippen LogP contribution in [0.4, 0.5) is 8.78 Å². The maximum Gasteiger partial charge on any atom is 0.334 e. The number of benzene rings is 1. The summed E-state index contributed by atoms with van der Waals surface area (Å²) in [6.07, 6.45) is -1.18. The highest BCUT2D eigenvalue weighted by molar-refractivity contribution is 5.78. The Bertz CT molecular complexity index is 493. The fourth-order valence-corrected chi connectivity index (χ4v) is 1.56. The summed E-state index contributed by atoms with van der Waals surface area (Å²) in [7, 11) is 1.22. The number of carbonyl (C=O) groups is 2. The number of ether oxygens (including phenoxy) is 1. The third-order valence-electron chi connectivity index (χ3n) is 2.70. The summed E-state index contributed by atoms with van der Waals surface area (Å²) in [6.45, 7) is -0.184. The van der Waals surface area contributed by atoms with Gasteiger partial charge >= 0.3 is 5.97 Å². The topological polar surface area (TPSA) is 75.6 Å². The standard InChI is InChI=1S/C13H15F2NO4/c1-20-10(13(18)19)7-16-11(17)6-5-8-3-2-4-9(14)12(8)15/h2-4,10H,5-7H2,1H3,(H,16,17)(H,18,19). The Morgan fingerprint density at radius 2 is 2.10 bits per heavy atom. The number of halogens is 2. The lowest BCUT2D eigenvalue weighted by molar-refractivity contribution is -0.148. The molecule has 1 unspecified atom stereocenters. The Balaban J connectivity index is 2.44. The summed E-state index contributed by atoms with van der Waals surface area (Å²) in [5.74, 6) is -3.59. The van der Waals surface area contributed by atoms with Crippen LogP contribution in [0, 0.1) is 11.6 Å². The third kappa shape index (κ3) is 4.58. The zero-order valence-electron chi connectivity index (χ0n) is 10.9. The van der Waals surface area contributed by atoms with Gasteiger partial charge in [-0.05, 0) is 18.1 Å². The van der Waals surface area contributed by atoms with E-state index < -0.39 is 29.6 Å². The monoisotopic (exact) mass is 287 g/mol. The van der Waals surface area contributed by atoms with Gasteiger partial charge in [0.15, 0.2) is 17.7 Å². The molecular weight excluding hydrogens is 272 g/mol. The molecule has 110 valence electrons. The van der Waals surface area contributed by atoms with Crippen LogP contribution in [0.15, 0.2) is 18.2 Å². The number of aliphatic carboxylic acids is 1. The van der Waals surface area contributed by atoms with Crippen LogP contribution in [0.1, 0.15) is 12.0 Å². The summed E-state index contributed by atoms with van der Waals surface area (Å²) < 4.78 is 30.9. The van der Waals surface area contributed by atoms with E-state index in [0.29, 0.717) is 0 Å². The maximum absolute atomic E-state index is 13.3. The van der Waals surface area contributed by atoms with E-state index in [0.717, 1.165) is 6.07 Å². The van der Waals surface area contributed by atoms with Crippen molar-refractivity contribution in [3.63, 3.8) is 0 Å². The lowest BCUT2D eigenvalue weighted by Crippen LogP contribution is -2.37.